The van der Waals surface area contributed by atoms with Crippen LogP contribution < -0.4 is 18.9 Å². The molecule has 2 heterocycles. The minimum Gasteiger partial charge on any atom is -0.493 e. The van der Waals surface area contributed by atoms with Gasteiger partial charge in [0.2, 0.25) is 0 Å². The highest BCUT2D eigenvalue weighted by atomic mass is 16.6. The summed E-state index contributed by atoms with van der Waals surface area (Å²) in [5.41, 5.74) is 2.33. The average molecular weight is 505 g/mol. The van der Waals surface area contributed by atoms with Gasteiger partial charge in [-0.2, -0.15) is 0 Å². The zero-order chi connectivity index (χ0) is 25.7. The van der Waals surface area contributed by atoms with E-state index in [9.17, 15) is 0 Å². The Morgan fingerprint density at radius 1 is 0.622 bits per heavy atom. The lowest BCUT2D eigenvalue weighted by atomic mass is 9.78. The van der Waals surface area contributed by atoms with Crippen molar-refractivity contribution in [3.63, 3.8) is 0 Å². The highest BCUT2D eigenvalue weighted by Gasteiger charge is 2.25. The summed E-state index contributed by atoms with van der Waals surface area (Å²) in [6, 6.07) is 24.4. The Morgan fingerprint density at radius 2 is 0.946 bits per heavy atom. The first kappa shape index (κ1) is 25.4. The molecule has 2 aliphatic heterocycles. The smallest absolute Gasteiger partial charge is 0.119 e. The molecule has 196 valence electrons. The Kier molecular flexibility index (Phi) is 7.87. The Morgan fingerprint density at radius 3 is 1.30 bits per heavy atom. The summed E-state index contributed by atoms with van der Waals surface area (Å²) in [6.45, 7) is 10.6. The van der Waals surface area contributed by atoms with Crippen molar-refractivity contribution in [3.05, 3.63) is 83.9 Å². The average Bonchev–Trinajstić information content (AvgIpc) is 3.85. The number of hydrogen-bond donors (Lipinski definition) is 0. The molecule has 2 fully saturated rings. The van der Waals surface area contributed by atoms with E-state index in [1.54, 1.807) is 0 Å². The molecule has 3 aromatic rings. The SMILES string of the molecule is CC(COc1ccc(OCC2CO2)cc1)COc1ccc(C(C)(C)c2ccc(OCC3CO3)cc2)cc1. The minimum absolute atomic E-state index is 0.135. The van der Waals surface area contributed by atoms with Crippen LogP contribution >= 0.6 is 0 Å². The van der Waals surface area contributed by atoms with Gasteiger partial charge in [0, 0.05) is 11.3 Å². The predicted octanol–water partition coefficient (Wildman–Crippen LogP) is 5.66. The second-order valence-corrected chi connectivity index (χ2v) is 10.4. The van der Waals surface area contributed by atoms with E-state index in [0.29, 0.717) is 26.4 Å². The minimum atomic E-state index is -0.135. The van der Waals surface area contributed by atoms with Gasteiger partial charge < -0.3 is 28.4 Å². The number of rotatable bonds is 14. The highest BCUT2D eigenvalue weighted by molar-refractivity contribution is 5.42. The topological polar surface area (TPSA) is 62.0 Å². The summed E-state index contributed by atoms with van der Waals surface area (Å²) in [5.74, 6) is 3.63. The largest absolute Gasteiger partial charge is 0.493 e. The van der Waals surface area contributed by atoms with Crippen LogP contribution in [0.15, 0.2) is 72.8 Å². The van der Waals surface area contributed by atoms with Crippen molar-refractivity contribution in [3.8, 4) is 23.0 Å². The zero-order valence-electron chi connectivity index (χ0n) is 21.9. The Labute approximate surface area is 219 Å². The van der Waals surface area contributed by atoms with Gasteiger partial charge >= 0.3 is 0 Å². The van der Waals surface area contributed by atoms with Crippen molar-refractivity contribution in [1.82, 2.24) is 0 Å². The normalized spacial score (nSPS) is 19.1. The van der Waals surface area contributed by atoms with Crippen LogP contribution in [0.3, 0.4) is 0 Å². The van der Waals surface area contributed by atoms with Gasteiger partial charge in [-0.1, -0.05) is 45.0 Å². The van der Waals surface area contributed by atoms with E-state index in [1.165, 1.54) is 11.1 Å². The summed E-state index contributed by atoms with van der Waals surface area (Å²) in [5, 5.41) is 0. The van der Waals surface area contributed by atoms with E-state index in [0.717, 1.165) is 36.2 Å². The lowest BCUT2D eigenvalue weighted by Gasteiger charge is -2.26. The van der Waals surface area contributed by atoms with Gasteiger partial charge in [-0.15, -0.1) is 0 Å². The van der Waals surface area contributed by atoms with Gasteiger partial charge in [0.05, 0.1) is 26.4 Å². The summed E-state index contributed by atoms with van der Waals surface area (Å²) in [4.78, 5) is 0. The van der Waals surface area contributed by atoms with Crippen LogP contribution in [0.4, 0.5) is 0 Å². The fourth-order valence-electron chi connectivity index (χ4n) is 3.97. The molecule has 0 radical (unpaired) electrons. The van der Waals surface area contributed by atoms with E-state index in [2.05, 4.69) is 45.0 Å². The van der Waals surface area contributed by atoms with Crippen molar-refractivity contribution < 1.29 is 28.4 Å². The molecule has 6 heteroatoms. The number of benzene rings is 3. The fraction of sp³-hybridized carbons (Fsp3) is 0.419. The lowest BCUT2D eigenvalue weighted by molar-refractivity contribution is 0.188. The lowest BCUT2D eigenvalue weighted by Crippen LogP contribution is -2.19. The van der Waals surface area contributed by atoms with Crippen LogP contribution in [0.25, 0.3) is 0 Å². The standard InChI is InChI=1S/C31H36O6/c1-22(17-33-27-12-14-28(15-13-27)35-19-30-21-37-30)16-32-25-8-4-23(5-9-25)31(2,3)24-6-10-26(11-7-24)34-18-29-20-36-29/h4-15,22,29-30H,16-21H2,1-3H3. The molecule has 37 heavy (non-hydrogen) atoms. The van der Waals surface area contributed by atoms with Gasteiger partial charge in [0.25, 0.3) is 0 Å². The van der Waals surface area contributed by atoms with Gasteiger partial charge in [0.1, 0.15) is 48.4 Å². The van der Waals surface area contributed by atoms with E-state index in [-0.39, 0.29) is 23.5 Å². The first-order valence-corrected chi connectivity index (χ1v) is 13.0. The molecule has 3 unspecified atom stereocenters. The van der Waals surface area contributed by atoms with Crippen LogP contribution in [0.1, 0.15) is 31.9 Å². The van der Waals surface area contributed by atoms with Gasteiger partial charge in [0.15, 0.2) is 0 Å². The monoisotopic (exact) mass is 504 g/mol. The highest BCUT2D eigenvalue weighted by Crippen LogP contribution is 2.33. The van der Waals surface area contributed by atoms with Gasteiger partial charge in [-0.05, 0) is 59.7 Å². The van der Waals surface area contributed by atoms with E-state index in [4.69, 9.17) is 28.4 Å². The Hall–Kier alpha value is -3.22. The third-order valence-electron chi connectivity index (χ3n) is 6.72. The molecular weight excluding hydrogens is 468 g/mol. The summed E-state index contributed by atoms with van der Waals surface area (Å²) >= 11 is 0. The number of epoxide rings is 2. The molecule has 3 aromatic carbocycles. The Bertz CT molecular complexity index is 1120. The molecule has 2 saturated heterocycles. The van der Waals surface area contributed by atoms with Crippen LogP contribution in [-0.4, -0.2) is 51.8 Å². The fourth-order valence-corrected chi connectivity index (χ4v) is 3.97. The quantitative estimate of drug-likeness (QED) is 0.264. The molecule has 0 aliphatic carbocycles. The maximum Gasteiger partial charge on any atom is 0.119 e. The second kappa shape index (κ2) is 11.4. The summed E-state index contributed by atoms with van der Waals surface area (Å²) in [7, 11) is 0. The van der Waals surface area contributed by atoms with Crippen molar-refractivity contribution in [1.29, 1.82) is 0 Å². The van der Waals surface area contributed by atoms with Crippen molar-refractivity contribution >= 4 is 0 Å². The maximum atomic E-state index is 6.04. The molecule has 0 N–H and O–H groups in total. The third-order valence-corrected chi connectivity index (χ3v) is 6.72. The van der Waals surface area contributed by atoms with E-state index >= 15 is 0 Å². The van der Waals surface area contributed by atoms with Crippen molar-refractivity contribution in [2.75, 3.05) is 39.6 Å². The molecule has 0 aromatic heterocycles. The first-order valence-electron chi connectivity index (χ1n) is 13.0. The maximum absolute atomic E-state index is 6.04. The van der Waals surface area contributed by atoms with Crippen LogP contribution in [0, 0.1) is 5.92 Å². The molecule has 2 aliphatic rings. The zero-order valence-corrected chi connectivity index (χ0v) is 21.9. The molecule has 0 spiro atoms. The molecule has 6 nitrogen and oxygen atoms in total. The van der Waals surface area contributed by atoms with Gasteiger partial charge in [-0.25, -0.2) is 0 Å². The van der Waals surface area contributed by atoms with E-state index < -0.39 is 0 Å². The van der Waals surface area contributed by atoms with E-state index in [1.807, 2.05) is 48.5 Å². The Balaban J connectivity index is 1.06. The van der Waals surface area contributed by atoms with Crippen LogP contribution in [0.2, 0.25) is 0 Å². The molecule has 0 amide bonds. The first-order chi connectivity index (χ1) is 18.0. The van der Waals surface area contributed by atoms with Crippen LogP contribution in [0.5, 0.6) is 23.0 Å². The summed E-state index contributed by atoms with van der Waals surface area (Å²) < 4.78 is 33.8. The molecule has 3 atom stereocenters. The van der Waals surface area contributed by atoms with Gasteiger partial charge in [-0.3, -0.25) is 0 Å². The van der Waals surface area contributed by atoms with Crippen LogP contribution in [-0.2, 0) is 14.9 Å². The van der Waals surface area contributed by atoms with Crippen molar-refractivity contribution in [2.45, 2.75) is 38.4 Å². The molecule has 0 saturated carbocycles. The molecular formula is C31H36O6. The molecule has 0 bridgehead atoms. The molecule has 5 rings (SSSR count). The number of ether oxygens (including phenoxy) is 6. The predicted molar refractivity (Wildman–Crippen MR) is 142 cm³/mol. The summed E-state index contributed by atoms with van der Waals surface area (Å²) in [6.07, 6.45) is 0.516. The third kappa shape index (κ3) is 7.40. The number of hydrogen-bond acceptors (Lipinski definition) is 6. The van der Waals surface area contributed by atoms with Crippen molar-refractivity contribution in [2.24, 2.45) is 5.92 Å². The second-order valence-electron chi connectivity index (χ2n) is 10.4.